The zero-order chi connectivity index (χ0) is 14.8. The molecule has 1 atom stereocenters. The summed E-state index contributed by atoms with van der Waals surface area (Å²) in [6.45, 7) is 2.65. The second-order valence-electron chi connectivity index (χ2n) is 4.90. The Kier molecular flexibility index (Phi) is 3.74. The van der Waals surface area contributed by atoms with Crippen LogP contribution in [0, 0.1) is 0 Å². The van der Waals surface area contributed by atoms with Crippen molar-refractivity contribution in [1.82, 2.24) is 20.5 Å². The number of carbonyl (C=O) groups excluding carboxylic acids is 3. The van der Waals surface area contributed by atoms with Gasteiger partial charge in [0.05, 0.1) is 6.42 Å². The zero-order valence-electron chi connectivity index (χ0n) is 11.2. The minimum absolute atomic E-state index is 0.00876. The number of amides is 4. The molecule has 4 amide bonds. The lowest BCUT2D eigenvalue weighted by molar-refractivity contribution is -0.134. The Labute approximate surface area is 125 Å². The van der Waals surface area contributed by atoms with E-state index in [0.29, 0.717) is 13.1 Å². The molecule has 9 heteroatoms. The molecule has 1 aromatic rings. The van der Waals surface area contributed by atoms with Crippen molar-refractivity contribution in [1.29, 1.82) is 0 Å². The van der Waals surface area contributed by atoms with E-state index in [2.05, 4.69) is 20.5 Å². The number of nitrogens with zero attached hydrogens (tertiary/aromatic N) is 3. The quantitative estimate of drug-likeness (QED) is 0.726. The van der Waals surface area contributed by atoms with Gasteiger partial charge in [-0.05, 0) is 0 Å². The van der Waals surface area contributed by atoms with Gasteiger partial charge in [-0.25, -0.2) is 9.78 Å². The number of aromatic nitrogens is 1. The molecule has 2 aliphatic rings. The van der Waals surface area contributed by atoms with Gasteiger partial charge in [0.1, 0.15) is 6.04 Å². The van der Waals surface area contributed by atoms with Crippen molar-refractivity contribution in [2.45, 2.75) is 12.5 Å². The average Bonchev–Trinajstić information content (AvgIpc) is 3.10. The molecule has 3 rings (SSSR count). The van der Waals surface area contributed by atoms with Crippen LogP contribution in [-0.4, -0.2) is 60.0 Å². The van der Waals surface area contributed by atoms with Crippen molar-refractivity contribution >= 4 is 34.3 Å². The van der Waals surface area contributed by atoms with Crippen LogP contribution in [-0.2, 0) is 9.59 Å². The third-order valence-electron chi connectivity index (χ3n) is 3.56. The number of anilines is 1. The molecular formula is C12H15N5O3S. The Morgan fingerprint density at radius 1 is 1.33 bits per heavy atom. The smallest absolute Gasteiger partial charge is 0.322 e. The molecule has 0 spiro atoms. The molecule has 2 fully saturated rings. The summed E-state index contributed by atoms with van der Waals surface area (Å²) in [7, 11) is 0. The van der Waals surface area contributed by atoms with Gasteiger partial charge in [0, 0.05) is 37.8 Å². The highest BCUT2D eigenvalue weighted by atomic mass is 32.1. The molecule has 1 unspecified atom stereocenters. The van der Waals surface area contributed by atoms with Gasteiger partial charge in [-0.15, -0.1) is 11.3 Å². The third kappa shape index (κ3) is 2.97. The number of rotatable bonds is 3. The number of hydrogen-bond donors (Lipinski definition) is 2. The fourth-order valence-corrected chi connectivity index (χ4v) is 3.12. The molecule has 0 saturated carbocycles. The van der Waals surface area contributed by atoms with E-state index in [4.69, 9.17) is 0 Å². The summed E-state index contributed by atoms with van der Waals surface area (Å²) in [5, 5.41) is 7.45. The summed E-state index contributed by atoms with van der Waals surface area (Å²) in [5.74, 6) is -0.550. The summed E-state index contributed by atoms with van der Waals surface area (Å²) < 4.78 is 0. The summed E-state index contributed by atoms with van der Waals surface area (Å²) >= 11 is 1.58. The maximum atomic E-state index is 12.2. The van der Waals surface area contributed by atoms with E-state index in [0.717, 1.165) is 18.2 Å². The third-order valence-corrected chi connectivity index (χ3v) is 4.39. The topological polar surface area (TPSA) is 94.6 Å². The number of urea groups is 1. The standard InChI is InChI=1S/C12H15N5O3S/c18-9(7-8-10(19)15-11(20)14-8)16-2-4-17(5-3-16)12-13-1-6-21-12/h1,6,8H,2-5,7H2,(H2,14,15,19,20). The maximum absolute atomic E-state index is 12.2. The van der Waals surface area contributed by atoms with E-state index in [1.165, 1.54) is 0 Å². The first kappa shape index (κ1) is 13.8. The average molecular weight is 309 g/mol. The van der Waals surface area contributed by atoms with Crippen LogP contribution in [0.4, 0.5) is 9.93 Å². The lowest BCUT2D eigenvalue weighted by Gasteiger charge is -2.34. The predicted octanol–water partition coefficient (Wildman–Crippen LogP) is -0.610. The molecule has 2 N–H and O–H groups in total. The van der Waals surface area contributed by atoms with Crippen LogP contribution in [0.5, 0.6) is 0 Å². The zero-order valence-corrected chi connectivity index (χ0v) is 12.1. The fourth-order valence-electron chi connectivity index (χ4n) is 2.43. The van der Waals surface area contributed by atoms with Crippen molar-refractivity contribution < 1.29 is 14.4 Å². The van der Waals surface area contributed by atoms with Crippen molar-refractivity contribution in [3.8, 4) is 0 Å². The van der Waals surface area contributed by atoms with Crippen LogP contribution in [0.3, 0.4) is 0 Å². The Morgan fingerprint density at radius 3 is 2.67 bits per heavy atom. The Bertz CT molecular complexity index is 553. The first-order chi connectivity index (χ1) is 10.1. The number of thiazole rings is 1. The highest BCUT2D eigenvalue weighted by Gasteiger charge is 2.33. The molecule has 0 aliphatic carbocycles. The Balaban J connectivity index is 1.51. The normalized spacial score (nSPS) is 22.2. The molecule has 0 aromatic carbocycles. The highest BCUT2D eigenvalue weighted by molar-refractivity contribution is 7.13. The van der Waals surface area contributed by atoms with Crippen LogP contribution < -0.4 is 15.5 Å². The second-order valence-corrected chi connectivity index (χ2v) is 5.77. The minimum Gasteiger partial charge on any atom is -0.345 e. The number of piperazine rings is 1. The summed E-state index contributed by atoms with van der Waals surface area (Å²) in [4.78, 5) is 42.7. The van der Waals surface area contributed by atoms with Gasteiger partial charge in [-0.1, -0.05) is 0 Å². The van der Waals surface area contributed by atoms with Crippen LogP contribution in [0.1, 0.15) is 6.42 Å². The summed E-state index contributed by atoms with van der Waals surface area (Å²) in [6, 6.07) is -1.28. The van der Waals surface area contributed by atoms with Crippen LogP contribution in [0.2, 0.25) is 0 Å². The molecule has 1 aromatic heterocycles. The lowest BCUT2D eigenvalue weighted by atomic mass is 10.2. The Hall–Kier alpha value is -2.16. The van der Waals surface area contributed by atoms with E-state index in [1.807, 2.05) is 5.38 Å². The number of imide groups is 1. The van der Waals surface area contributed by atoms with Crippen molar-refractivity contribution in [3.63, 3.8) is 0 Å². The second kappa shape index (κ2) is 5.68. The largest absolute Gasteiger partial charge is 0.345 e. The van der Waals surface area contributed by atoms with E-state index in [1.54, 1.807) is 22.4 Å². The van der Waals surface area contributed by atoms with E-state index in [9.17, 15) is 14.4 Å². The van der Waals surface area contributed by atoms with Crippen molar-refractivity contribution in [2.24, 2.45) is 0 Å². The van der Waals surface area contributed by atoms with Crippen molar-refractivity contribution in [3.05, 3.63) is 11.6 Å². The van der Waals surface area contributed by atoms with Gasteiger partial charge in [0.15, 0.2) is 5.13 Å². The predicted molar refractivity (Wildman–Crippen MR) is 76.0 cm³/mol. The molecule has 0 bridgehead atoms. The van der Waals surface area contributed by atoms with Crippen LogP contribution >= 0.6 is 11.3 Å². The van der Waals surface area contributed by atoms with Crippen molar-refractivity contribution in [2.75, 3.05) is 31.1 Å². The highest BCUT2D eigenvalue weighted by Crippen LogP contribution is 2.19. The Morgan fingerprint density at radius 2 is 2.10 bits per heavy atom. The van der Waals surface area contributed by atoms with Crippen LogP contribution in [0.15, 0.2) is 11.6 Å². The van der Waals surface area contributed by atoms with E-state index in [-0.39, 0.29) is 12.3 Å². The van der Waals surface area contributed by atoms with Gasteiger partial charge in [-0.2, -0.15) is 0 Å². The molecule has 8 nitrogen and oxygen atoms in total. The molecule has 2 saturated heterocycles. The molecule has 112 valence electrons. The van der Waals surface area contributed by atoms with E-state index < -0.39 is 18.0 Å². The molecule has 2 aliphatic heterocycles. The SMILES string of the molecule is O=C1NC(=O)C(CC(=O)N2CCN(c3nccs3)CC2)N1. The molecular weight excluding hydrogens is 294 g/mol. The van der Waals surface area contributed by atoms with Gasteiger partial charge >= 0.3 is 6.03 Å². The van der Waals surface area contributed by atoms with Crippen LogP contribution in [0.25, 0.3) is 0 Å². The molecule has 0 radical (unpaired) electrons. The summed E-state index contributed by atoms with van der Waals surface area (Å²) in [6.07, 6.45) is 1.77. The molecule has 3 heterocycles. The first-order valence-electron chi connectivity index (χ1n) is 6.67. The maximum Gasteiger partial charge on any atom is 0.322 e. The first-order valence-corrected chi connectivity index (χ1v) is 7.55. The van der Waals surface area contributed by atoms with E-state index >= 15 is 0 Å². The summed E-state index contributed by atoms with van der Waals surface area (Å²) in [5.41, 5.74) is 0. The fraction of sp³-hybridized carbons (Fsp3) is 0.500. The van der Waals surface area contributed by atoms with Gasteiger partial charge < -0.3 is 15.1 Å². The monoisotopic (exact) mass is 309 g/mol. The minimum atomic E-state index is -0.748. The van der Waals surface area contributed by atoms with Gasteiger partial charge in [-0.3, -0.25) is 14.9 Å². The van der Waals surface area contributed by atoms with Gasteiger partial charge in [0.2, 0.25) is 5.91 Å². The number of hydrogen-bond acceptors (Lipinski definition) is 6. The van der Waals surface area contributed by atoms with Gasteiger partial charge in [0.25, 0.3) is 5.91 Å². The number of carbonyl (C=O) groups is 3. The lowest BCUT2D eigenvalue weighted by Crippen LogP contribution is -2.50. The number of nitrogens with one attached hydrogen (secondary N) is 2. The molecule has 21 heavy (non-hydrogen) atoms.